The van der Waals surface area contributed by atoms with Crippen LogP contribution in [0.15, 0.2) is 83.8 Å². The maximum absolute atomic E-state index is 13.3. The van der Waals surface area contributed by atoms with E-state index >= 15 is 0 Å². The molecule has 0 atom stereocenters. The van der Waals surface area contributed by atoms with E-state index in [9.17, 15) is 4.79 Å². The standard InChI is InChI=1S/C32H27N5O2S/c1-4-39-26-15-12-23(13-16-26)14-17-29-33-32-37(34-29)31(38)28(40-32)19-24-20-36(25-8-6-5-7-9-25)35-30(24)27-18-21(2)10-11-22(27)3/h5-20H,4H2,1-3H3/b17-14+,28-19-. The first-order valence-corrected chi connectivity index (χ1v) is 13.8. The molecular formula is C32H27N5O2S. The molecular weight excluding hydrogens is 518 g/mol. The Bertz CT molecular complexity index is 1950. The van der Waals surface area contributed by atoms with Crippen molar-refractivity contribution in [3.63, 3.8) is 0 Å². The van der Waals surface area contributed by atoms with E-state index in [0.717, 1.165) is 44.9 Å². The van der Waals surface area contributed by atoms with E-state index in [-0.39, 0.29) is 5.56 Å². The van der Waals surface area contributed by atoms with Crippen LogP contribution in [0.5, 0.6) is 5.75 Å². The SMILES string of the molecule is CCOc1ccc(/C=C/c2nc3s/c(=C\c4cn(-c5ccccc5)nc4-c4cc(C)ccc4C)c(=O)n3n2)cc1. The third-order valence-corrected chi connectivity index (χ3v) is 7.47. The van der Waals surface area contributed by atoms with Crippen LogP contribution in [-0.4, -0.2) is 31.0 Å². The predicted molar refractivity (Wildman–Crippen MR) is 161 cm³/mol. The molecule has 0 radical (unpaired) electrons. The zero-order valence-electron chi connectivity index (χ0n) is 22.4. The summed E-state index contributed by atoms with van der Waals surface area (Å²) in [5.74, 6) is 1.31. The van der Waals surface area contributed by atoms with E-state index in [0.29, 0.717) is 21.9 Å². The first-order valence-electron chi connectivity index (χ1n) is 13.0. The first kappa shape index (κ1) is 25.5. The fraction of sp³-hybridized carbons (Fsp3) is 0.125. The van der Waals surface area contributed by atoms with Crippen LogP contribution in [0.25, 0.3) is 40.1 Å². The van der Waals surface area contributed by atoms with Gasteiger partial charge in [-0.1, -0.05) is 65.4 Å². The zero-order valence-corrected chi connectivity index (χ0v) is 23.2. The van der Waals surface area contributed by atoms with E-state index < -0.39 is 0 Å². The number of benzene rings is 3. The molecule has 40 heavy (non-hydrogen) atoms. The summed E-state index contributed by atoms with van der Waals surface area (Å²) in [7, 11) is 0. The largest absolute Gasteiger partial charge is 0.494 e. The molecule has 0 aliphatic heterocycles. The molecule has 3 aromatic heterocycles. The number of rotatable bonds is 7. The van der Waals surface area contributed by atoms with Crippen molar-refractivity contribution in [1.82, 2.24) is 24.4 Å². The molecule has 0 spiro atoms. The van der Waals surface area contributed by atoms with Gasteiger partial charge >= 0.3 is 0 Å². The summed E-state index contributed by atoms with van der Waals surface area (Å²) in [5.41, 5.74) is 6.72. The average molecular weight is 546 g/mol. The molecule has 7 nitrogen and oxygen atoms in total. The van der Waals surface area contributed by atoms with Crippen molar-refractivity contribution in [1.29, 1.82) is 0 Å². The van der Waals surface area contributed by atoms with Gasteiger partial charge in [-0.2, -0.15) is 14.6 Å². The van der Waals surface area contributed by atoms with Crippen LogP contribution in [0.4, 0.5) is 0 Å². The summed E-state index contributed by atoms with van der Waals surface area (Å²) in [4.78, 5) is 18.5. The summed E-state index contributed by atoms with van der Waals surface area (Å²) >= 11 is 1.32. The van der Waals surface area contributed by atoms with Gasteiger partial charge in [0.1, 0.15) is 11.4 Å². The van der Waals surface area contributed by atoms with Gasteiger partial charge in [-0.25, -0.2) is 4.68 Å². The lowest BCUT2D eigenvalue weighted by Crippen LogP contribution is -2.23. The summed E-state index contributed by atoms with van der Waals surface area (Å²) in [6, 6.07) is 24.1. The molecule has 3 heterocycles. The summed E-state index contributed by atoms with van der Waals surface area (Å²) in [6.45, 7) is 6.73. The Morgan fingerprint density at radius 2 is 1.75 bits per heavy atom. The molecule has 0 N–H and O–H groups in total. The Labute approximate surface area is 235 Å². The number of thiazole rings is 1. The normalized spacial score (nSPS) is 12.1. The Balaban J connectivity index is 1.38. The Kier molecular flexibility index (Phi) is 6.84. The van der Waals surface area contributed by atoms with Gasteiger partial charge in [0.05, 0.1) is 16.8 Å². The quantitative estimate of drug-likeness (QED) is 0.256. The van der Waals surface area contributed by atoms with Gasteiger partial charge in [-0.3, -0.25) is 4.79 Å². The van der Waals surface area contributed by atoms with Crippen LogP contribution in [-0.2, 0) is 0 Å². The zero-order chi connectivity index (χ0) is 27.6. The highest BCUT2D eigenvalue weighted by Gasteiger charge is 2.15. The highest BCUT2D eigenvalue weighted by Crippen LogP contribution is 2.28. The molecule has 0 saturated carbocycles. The highest BCUT2D eigenvalue weighted by atomic mass is 32.1. The summed E-state index contributed by atoms with van der Waals surface area (Å²) < 4.78 is 9.27. The molecule has 0 fully saturated rings. The van der Waals surface area contributed by atoms with Gasteiger partial charge in [0, 0.05) is 17.3 Å². The molecule has 0 aliphatic carbocycles. The van der Waals surface area contributed by atoms with Crippen molar-refractivity contribution in [2.45, 2.75) is 20.8 Å². The maximum Gasteiger partial charge on any atom is 0.291 e. The van der Waals surface area contributed by atoms with E-state index in [1.54, 1.807) is 6.08 Å². The van der Waals surface area contributed by atoms with Crippen LogP contribution < -0.4 is 14.8 Å². The molecule has 0 saturated heterocycles. The van der Waals surface area contributed by atoms with Crippen molar-refractivity contribution >= 4 is 34.5 Å². The van der Waals surface area contributed by atoms with Crippen LogP contribution in [0, 0.1) is 13.8 Å². The molecule has 8 heteroatoms. The second-order valence-electron chi connectivity index (χ2n) is 9.45. The third kappa shape index (κ3) is 5.09. The van der Waals surface area contributed by atoms with Crippen LogP contribution in [0.1, 0.15) is 35.0 Å². The Hall–Kier alpha value is -4.82. The minimum Gasteiger partial charge on any atom is -0.494 e. The molecule has 0 bridgehead atoms. The van der Waals surface area contributed by atoms with Gasteiger partial charge in [0.2, 0.25) is 4.96 Å². The Morgan fingerprint density at radius 3 is 2.50 bits per heavy atom. The number of aromatic nitrogens is 5. The number of fused-ring (bicyclic) bond motifs is 1. The highest BCUT2D eigenvalue weighted by molar-refractivity contribution is 7.15. The number of ether oxygens (including phenoxy) is 1. The molecule has 0 unspecified atom stereocenters. The molecule has 0 amide bonds. The lowest BCUT2D eigenvalue weighted by atomic mass is 10.0. The minimum absolute atomic E-state index is 0.201. The summed E-state index contributed by atoms with van der Waals surface area (Å²) in [5, 5.41) is 9.38. The van der Waals surface area contributed by atoms with Gasteiger partial charge < -0.3 is 4.74 Å². The molecule has 6 aromatic rings. The number of aryl methyl sites for hydroxylation is 2. The van der Waals surface area contributed by atoms with Gasteiger partial charge in [-0.05, 0) is 74.4 Å². The maximum atomic E-state index is 13.3. The van der Waals surface area contributed by atoms with Crippen molar-refractivity contribution in [2.24, 2.45) is 0 Å². The number of para-hydroxylation sites is 1. The van der Waals surface area contributed by atoms with Crippen molar-refractivity contribution < 1.29 is 4.74 Å². The van der Waals surface area contributed by atoms with Crippen LogP contribution >= 0.6 is 11.3 Å². The lowest BCUT2D eigenvalue weighted by molar-refractivity contribution is 0.340. The van der Waals surface area contributed by atoms with Gasteiger partial charge in [-0.15, -0.1) is 5.10 Å². The van der Waals surface area contributed by atoms with E-state index in [1.165, 1.54) is 15.9 Å². The van der Waals surface area contributed by atoms with Crippen molar-refractivity contribution in [3.05, 3.63) is 122 Å². The third-order valence-electron chi connectivity index (χ3n) is 6.51. The molecule has 0 aliphatic rings. The second kappa shape index (κ2) is 10.7. The molecule has 6 rings (SSSR count). The smallest absolute Gasteiger partial charge is 0.291 e. The van der Waals surface area contributed by atoms with Gasteiger partial charge in [0.15, 0.2) is 5.82 Å². The van der Waals surface area contributed by atoms with E-state index in [4.69, 9.17) is 9.84 Å². The second-order valence-corrected chi connectivity index (χ2v) is 10.5. The fourth-order valence-corrected chi connectivity index (χ4v) is 5.39. The van der Waals surface area contributed by atoms with Crippen LogP contribution in [0.3, 0.4) is 0 Å². The fourth-order valence-electron chi connectivity index (χ4n) is 4.48. The predicted octanol–water partition coefficient (Wildman–Crippen LogP) is 5.74. The Morgan fingerprint density at radius 1 is 0.950 bits per heavy atom. The van der Waals surface area contributed by atoms with Crippen molar-refractivity contribution in [2.75, 3.05) is 6.61 Å². The first-order chi connectivity index (χ1) is 19.5. The molecule has 3 aromatic carbocycles. The van der Waals surface area contributed by atoms with E-state index in [1.807, 2.05) is 84.6 Å². The number of hydrogen-bond donors (Lipinski definition) is 0. The van der Waals surface area contributed by atoms with Gasteiger partial charge in [0.25, 0.3) is 5.56 Å². The minimum atomic E-state index is -0.201. The van der Waals surface area contributed by atoms with E-state index in [2.05, 4.69) is 42.1 Å². The number of hydrogen-bond acceptors (Lipinski definition) is 6. The van der Waals surface area contributed by atoms with Crippen LogP contribution in [0.2, 0.25) is 0 Å². The average Bonchev–Trinajstić information content (AvgIpc) is 3.65. The number of nitrogens with zero attached hydrogens (tertiary/aromatic N) is 5. The molecule has 198 valence electrons. The summed E-state index contributed by atoms with van der Waals surface area (Å²) in [6.07, 6.45) is 7.58. The lowest BCUT2D eigenvalue weighted by Gasteiger charge is -2.05. The monoisotopic (exact) mass is 545 g/mol. The van der Waals surface area contributed by atoms with Crippen molar-refractivity contribution in [3.8, 4) is 22.7 Å². The topological polar surface area (TPSA) is 74.3 Å².